The van der Waals surface area contributed by atoms with Crippen LogP contribution in [0.2, 0.25) is 0 Å². The highest BCUT2D eigenvalue weighted by Gasteiger charge is 2.30. The third-order valence-electron chi connectivity index (χ3n) is 7.37. The van der Waals surface area contributed by atoms with Gasteiger partial charge in [-0.15, -0.1) is 45.3 Å². The zero-order chi connectivity index (χ0) is 24.7. The summed E-state index contributed by atoms with van der Waals surface area (Å²) in [5.41, 5.74) is 9.03. The number of thiophene rings is 4. The van der Waals surface area contributed by atoms with Crippen molar-refractivity contribution in [3.8, 4) is 0 Å². The van der Waals surface area contributed by atoms with E-state index >= 15 is 0 Å². The van der Waals surface area contributed by atoms with E-state index in [2.05, 4.69) is 41.5 Å². The van der Waals surface area contributed by atoms with Crippen molar-refractivity contribution < 1.29 is 0 Å². The first-order valence-electron chi connectivity index (χ1n) is 11.9. The van der Waals surface area contributed by atoms with E-state index in [0.29, 0.717) is 11.8 Å². The maximum atomic E-state index is 6.88. The molecule has 0 unspecified atom stereocenters. The lowest BCUT2D eigenvalue weighted by molar-refractivity contribution is 0.810. The summed E-state index contributed by atoms with van der Waals surface area (Å²) in [6, 6.07) is 0. The van der Waals surface area contributed by atoms with E-state index in [1.807, 2.05) is 59.4 Å². The second kappa shape index (κ2) is 6.88. The van der Waals surface area contributed by atoms with Crippen LogP contribution in [0.3, 0.4) is 0 Å². The van der Waals surface area contributed by atoms with Gasteiger partial charge in [0.25, 0.3) is 0 Å². The van der Waals surface area contributed by atoms with Gasteiger partial charge in [-0.1, -0.05) is 34.6 Å². The van der Waals surface area contributed by atoms with Crippen LogP contribution >= 0.6 is 45.3 Å². The molecule has 0 aliphatic carbocycles. The molecule has 0 bridgehead atoms. The minimum absolute atomic E-state index is 0.403. The van der Waals surface area contributed by atoms with Crippen LogP contribution in [0.25, 0.3) is 61.3 Å². The minimum atomic E-state index is 0.403. The Morgan fingerprint density at radius 1 is 0.600 bits per heavy atom. The number of nitrogens with two attached hydrogens (primary N) is 3. The van der Waals surface area contributed by atoms with Crippen LogP contribution in [0, 0.1) is 6.92 Å². The highest BCUT2D eigenvalue weighted by atomic mass is 32.1. The van der Waals surface area contributed by atoms with E-state index < -0.39 is 0 Å². The molecule has 0 radical (unpaired) electrons. The summed E-state index contributed by atoms with van der Waals surface area (Å²) in [7, 11) is 0. The van der Waals surface area contributed by atoms with E-state index in [9.17, 15) is 0 Å². The lowest BCUT2D eigenvalue weighted by atomic mass is 9.98. The molecule has 0 atom stereocenters. The molecule has 35 heavy (non-hydrogen) atoms. The van der Waals surface area contributed by atoms with Crippen molar-refractivity contribution >= 4 is 107 Å². The molecule has 7 rings (SSSR count). The second-order valence-electron chi connectivity index (χ2n) is 10.1. The summed E-state index contributed by atoms with van der Waals surface area (Å²) in [5.74, 6) is 21.4. The van der Waals surface area contributed by atoms with Gasteiger partial charge in [0.2, 0.25) is 0 Å². The second-order valence-corrected chi connectivity index (χ2v) is 14.3. The summed E-state index contributed by atoms with van der Waals surface area (Å²) >= 11 is 7.40. The number of hydrogen-bond donors (Lipinski definition) is 3. The monoisotopic (exact) mass is 540 g/mol. The normalized spacial score (nSPS) is 13.3. The molecule has 0 saturated heterocycles. The first-order valence-corrected chi connectivity index (χ1v) is 15.2. The third kappa shape index (κ3) is 2.39. The zero-order valence-corrected chi connectivity index (χ0v) is 23.8. The minimum Gasteiger partial charge on any atom is -0.338 e. The Hall–Kier alpha value is -2.40. The highest BCUT2D eigenvalue weighted by molar-refractivity contribution is 7.37. The van der Waals surface area contributed by atoms with Gasteiger partial charge in [0.1, 0.15) is 22.1 Å². The van der Waals surface area contributed by atoms with E-state index in [-0.39, 0.29) is 0 Å². The number of nitrogen functional groups attached to an aromatic ring is 3. The van der Waals surface area contributed by atoms with Crippen molar-refractivity contribution in [3.63, 3.8) is 0 Å². The molecule has 6 nitrogen and oxygen atoms in total. The lowest BCUT2D eigenvalue weighted by Gasteiger charge is -2.12. The van der Waals surface area contributed by atoms with E-state index in [1.165, 1.54) is 49.1 Å². The average molecular weight is 541 g/mol. The Kier molecular flexibility index (Phi) is 4.29. The van der Waals surface area contributed by atoms with Crippen molar-refractivity contribution in [3.05, 3.63) is 20.9 Å². The van der Waals surface area contributed by atoms with Gasteiger partial charge >= 0.3 is 0 Å². The molecule has 182 valence electrons. The maximum Gasteiger partial charge on any atom is 0.108 e. The molecule has 6 N–H and O–H groups in total. The fourth-order valence-electron chi connectivity index (χ4n) is 5.84. The Morgan fingerprint density at radius 3 is 1.49 bits per heavy atom. The van der Waals surface area contributed by atoms with Crippen molar-refractivity contribution in [2.24, 2.45) is 0 Å². The Labute approximate surface area is 218 Å². The van der Waals surface area contributed by atoms with Gasteiger partial charge in [0.15, 0.2) is 0 Å². The van der Waals surface area contributed by atoms with Crippen LogP contribution in [0.15, 0.2) is 0 Å². The van der Waals surface area contributed by atoms with Crippen LogP contribution in [0.1, 0.15) is 67.3 Å². The molecule has 0 fully saturated rings. The molecule has 0 aliphatic heterocycles. The van der Waals surface area contributed by atoms with Crippen molar-refractivity contribution in [2.75, 3.05) is 17.5 Å². The summed E-state index contributed by atoms with van der Waals surface area (Å²) in [4.78, 5) is 2.84. The predicted molar refractivity (Wildman–Crippen MR) is 160 cm³/mol. The Bertz CT molecular complexity index is 1990. The SMILES string of the molecule is CCc1sc2c3sc4c5sc6c7sc(C(C)C)c(C(C)C)c7n(N)c6c5n(N)c4c3n(N)c2c1C. The topological polar surface area (TPSA) is 92.8 Å². The van der Waals surface area contributed by atoms with Gasteiger partial charge < -0.3 is 17.5 Å². The molecule has 7 aromatic rings. The number of aryl methyl sites for hydroxylation is 2. The van der Waals surface area contributed by atoms with Gasteiger partial charge in [-0.25, -0.2) is 0 Å². The quantitative estimate of drug-likeness (QED) is 0.202. The summed E-state index contributed by atoms with van der Waals surface area (Å²) in [6.45, 7) is 13.4. The molecule has 10 heteroatoms. The number of hydrogen-bond acceptors (Lipinski definition) is 7. The molecule has 0 amide bonds. The fourth-order valence-corrected chi connectivity index (χ4v) is 11.5. The summed E-state index contributed by atoms with van der Waals surface area (Å²) in [6.07, 6.45) is 1.02. The Balaban J connectivity index is 1.64. The first-order chi connectivity index (χ1) is 16.7. The third-order valence-corrected chi connectivity index (χ3v) is 13.1. The van der Waals surface area contributed by atoms with Crippen LogP contribution in [0.4, 0.5) is 0 Å². The predicted octanol–water partition coefficient (Wildman–Crippen LogP) is 7.52. The molecule has 0 aliphatic rings. The maximum absolute atomic E-state index is 6.88. The number of rotatable bonds is 3. The van der Waals surface area contributed by atoms with Gasteiger partial charge in [-0.05, 0) is 36.3 Å². The van der Waals surface area contributed by atoms with Crippen LogP contribution < -0.4 is 17.5 Å². The van der Waals surface area contributed by atoms with Gasteiger partial charge in [-0.2, -0.15) is 0 Å². The van der Waals surface area contributed by atoms with Crippen molar-refractivity contribution in [2.45, 2.75) is 59.8 Å². The number of aromatic nitrogens is 3. The number of fused-ring (bicyclic) bond motifs is 11. The van der Waals surface area contributed by atoms with Crippen LogP contribution in [-0.4, -0.2) is 14.0 Å². The fraction of sp³-hybridized carbons (Fsp3) is 0.360. The molecule has 0 saturated carbocycles. The molecular formula is C25H28N6S4. The lowest BCUT2D eigenvalue weighted by Crippen LogP contribution is -2.13. The molecular weight excluding hydrogens is 513 g/mol. The smallest absolute Gasteiger partial charge is 0.108 e. The van der Waals surface area contributed by atoms with Crippen LogP contribution in [0.5, 0.6) is 0 Å². The zero-order valence-electron chi connectivity index (χ0n) is 20.6. The van der Waals surface area contributed by atoms with Gasteiger partial charge in [0, 0.05) is 9.75 Å². The molecule has 0 spiro atoms. The van der Waals surface area contributed by atoms with Crippen molar-refractivity contribution in [1.82, 2.24) is 14.0 Å². The van der Waals surface area contributed by atoms with E-state index in [4.69, 9.17) is 17.5 Å². The first kappa shape index (κ1) is 21.8. The standard InChI is InChI=1S/C25H28N6S4/c1-7-11-10(6)13-20(32-11)22-15(29(13)26)17-24(34-22)25-18(31(17)28)16-23(35-25)21-14(30(16)27)12(8(2)3)19(33-21)9(4)5/h8-9H,7,26-28H2,1-6H3. The molecule has 7 aromatic heterocycles. The van der Waals surface area contributed by atoms with E-state index in [0.717, 1.165) is 39.5 Å². The number of nitrogens with zero attached hydrogens (tertiary/aromatic N) is 3. The summed E-state index contributed by atoms with van der Waals surface area (Å²) < 4.78 is 13.1. The molecule has 0 aromatic carbocycles. The van der Waals surface area contributed by atoms with E-state index in [1.54, 1.807) is 0 Å². The van der Waals surface area contributed by atoms with Crippen molar-refractivity contribution in [1.29, 1.82) is 0 Å². The average Bonchev–Trinajstić information content (AvgIpc) is 3.60. The summed E-state index contributed by atoms with van der Waals surface area (Å²) in [5, 5.41) is 0. The largest absolute Gasteiger partial charge is 0.338 e. The Morgan fingerprint density at radius 2 is 1.03 bits per heavy atom. The van der Waals surface area contributed by atoms with Gasteiger partial charge in [0.05, 0.1) is 39.2 Å². The van der Waals surface area contributed by atoms with Crippen LogP contribution in [-0.2, 0) is 6.42 Å². The highest BCUT2D eigenvalue weighted by Crippen LogP contribution is 2.53. The molecule has 7 heterocycles. The van der Waals surface area contributed by atoms with Gasteiger partial charge in [-0.3, -0.25) is 14.0 Å².